The van der Waals surface area contributed by atoms with Crippen molar-refractivity contribution in [3.63, 3.8) is 0 Å². The van der Waals surface area contributed by atoms with E-state index in [2.05, 4.69) is 6.07 Å². The average molecular weight is 170 g/mol. The molecule has 1 unspecified atom stereocenters. The summed E-state index contributed by atoms with van der Waals surface area (Å²) in [5.74, 6) is 0. The van der Waals surface area contributed by atoms with Crippen molar-refractivity contribution in [2.24, 2.45) is 0 Å². The fourth-order valence-corrected chi connectivity index (χ4v) is 1.21. The number of nitrogens with zero attached hydrogens (tertiary/aromatic N) is 1. The van der Waals surface area contributed by atoms with Crippen LogP contribution in [0.5, 0.6) is 0 Å². The van der Waals surface area contributed by atoms with Crippen molar-refractivity contribution in [2.45, 2.75) is 12.0 Å². The summed E-state index contributed by atoms with van der Waals surface area (Å²) in [6.45, 7) is 0. The Labute approximate surface area is 70.7 Å². The molecule has 0 aromatic heterocycles. The van der Waals surface area contributed by atoms with Gasteiger partial charge < -0.3 is 4.74 Å². The Morgan fingerprint density at radius 1 is 1.82 bits per heavy atom. The number of nitriles is 1. The van der Waals surface area contributed by atoms with E-state index in [1.165, 1.54) is 7.11 Å². The summed E-state index contributed by atoms with van der Waals surface area (Å²) >= 11 is 5.70. The molecule has 0 radical (unpaired) electrons. The Bertz CT molecular complexity index is 251. The highest BCUT2D eigenvalue weighted by molar-refractivity contribution is 6.31. The first-order valence-corrected chi connectivity index (χ1v) is 3.61. The Morgan fingerprint density at radius 2 is 2.55 bits per heavy atom. The van der Waals surface area contributed by atoms with Crippen molar-refractivity contribution in [3.05, 3.63) is 23.3 Å². The summed E-state index contributed by atoms with van der Waals surface area (Å²) in [4.78, 5) is 0. The molecule has 1 atom stereocenters. The minimum Gasteiger partial charge on any atom is -0.359 e. The van der Waals surface area contributed by atoms with Crippen molar-refractivity contribution < 1.29 is 4.74 Å². The lowest BCUT2D eigenvalue weighted by molar-refractivity contribution is 0.0822. The minimum absolute atomic E-state index is 0.555. The Hall–Kier alpha value is -0.780. The first-order valence-electron chi connectivity index (χ1n) is 3.24. The zero-order valence-electron chi connectivity index (χ0n) is 6.17. The lowest BCUT2D eigenvalue weighted by Crippen LogP contribution is -2.27. The normalized spacial score (nSPS) is 29.4. The molecule has 0 aliphatic heterocycles. The molecule has 0 aromatic carbocycles. The van der Waals surface area contributed by atoms with Crippen molar-refractivity contribution in [3.8, 4) is 6.07 Å². The van der Waals surface area contributed by atoms with Crippen LogP contribution in [0.25, 0.3) is 0 Å². The number of hydrogen-bond acceptors (Lipinski definition) is 2. The van der Waals surface area contributed by atoms with Crippen molar-refractivity contribution >= 4 is 11.6 Å². The first kappa shape index (κ1) is 8.32. The molecule has 2 nitrogen and oxygen atoms in total. The fourth-order valence-electron chi connectivity index (χ4n) is 0.942. The van der Waals surface area contributed by atoms with Gasteiger partial charge in [-0.05, 0) is 12.2 Å². The molecule has 0 N–H and O–H groups in total. The molecule has 0 saturated heterocycles. The fraction of sp³-hybridized carbons (Fsp3) is 0.375. The van der Waals surface area contributed by atoms with Crippen LogP contribution >= 0.6 is 11.6 Å². The molecule has 1 aliphatic carbocycles. The van der Waals surface area contributed by atoms with E-state index in [9.17, 15) is 0 Å². The molecule has 0 heterocycles. The molecule has 0 bridgehead atoms. The molecular weight excluding hydrogens is 162 g/mol. The third-order valence-electron chi connectivity index (χ3n) is 1.62. The van der Waals surface area contributed by atoms with E-state index in [1.807, 2.05) is 6.08 Å². The highest BCUT2D eigenvalue weighted by atomic mass is 35.5. The van der Waals surface area contributed by atoms with Crippen molar-refractivity contribution in [2.75, 3.05) is 7.11 Å². The van der Waals surface area contributed by atoms with Gasteiger partial charge in [-0.15, -0.1) is 0 Å². The summed E-state index contributed by atoms with van der Waals surface area (Å²) in [5, 5.41) is 9.30. The monoisotopic (exact) mass is 169 g/mol. The van der Waals surface area contributed by atoms with Gasteiger partial charge >= 0.3 is 0 Å². The van der Waals surface area contributed by atoms with E-state index < -0.39 is 5.60 Å². The van der Waals surface area contributed by atoms with Crippen LogP contribution in [-0.2, 0) is 4.74 Å². The number of hydrogen-bond donors (Lipinski definition) is 0. The van der Waals surface area contributed by atoms with Crippen LogP contribution in [0.4, 0.5) is 0 Å². The van der Waals surface area contributed by atoms with Gasteiger partial charge in [-0.1, -0.05) is 17.7 Å². The van der Waals surface area contributed by atoms with Gasteiger partial charge in [0, 0.05) is 18.6 Å². The van der Waals surface area contributed by atoms with Crippen LogP contribution in [0.3, 0.4) is 0 Å². The topological polar surface area (TPSA) is 33.0 Å². The molecule has 11 heavy (non-hydrogen) atoms. The van der Waals surface area contributed by atoms with E-state index in [-0.39, 0.29) is 0 Å². The molecular formula is C8H8ClNO. The van der Waals surface area contributed by atoms with Crippen LogP contribution < -0.4 is 0 Å². The lowest BCUT2D eigenvalue weighted by Gasteiger charge is -2.21. The number of ether oxygens (including phenoxy) is 1. The summed E-state index contributed by atoms with van der Waals surface area (Å²) in [6, 6.07) is 2.06. The highest BCUT2D eigenvalue weighted by Crippen LogP contribution is 2.25. The summed E-state index contributed by atoms with van der Waals surface area (Å²) in [7, 11) is 1.50. The molecule has 0 amide bonds. The SMILES string of the molecule is COC1(C#N)C=C(Cl)C=CC1. The summed E-state index contributed by atoms with van der Waals surface area (Å²) in [6.07, 6.45) is 5.77. The second-order valence-corrected chi connectivity index (χ2v) is 2.78. The molecule has 1 rings (SSSR count). The highest BCUT2D eigenvalue weighted by Gasteiger charge is 2.27. The maximum atomic E-state index is 8.75. The molecule has 0 fully saturated rings. The van der Waals surface area contributed by atoms with Gasteiger partial charge in [0.15, 0.2) is 5.60 Å². The van der Waals surface area contributed by atoms with E-state index in [0.717, 1.165) is 0 Å². The predicted molar refractivity (Wildman–Crippen MR) is 43.0 cm³/mol. The first-order chi connectivity index (χ1) is 5.22. The number of allylic oxidation sites excluding steroid dienone is 2. The Morgan fingerprint density at radius 3 is 2.91 bits per heavy atom. The van der Waals surface area contributed by atoms with Crippen molar-refractivity contribution in [1.82, 2.24) is 0 Å². The number of rotatable bonds is 1. The predicted octanol–water partition coefficient (Wildman–Crippen LogP) is 1.98. The van der Waals surface area contributed by atoms with Crippen LogP contribution in [0.1, 0.15) is 6.42 Å². The van der Waals surface area contributed by atoms with E-state index in [1.54, 1.807) is 12.2 Å². The van der Waals surface area contributed by atoms with Gasteiger partial charge in [0.1, 0.15) is 6.07 Å². The second-order valence-electron chi connectivity index (χ2n) is 2.34. The lowest BCUT2D eigenvalue weighted by atomic mass is 9.97. The van der Waals surface area contributed by atoms with E-state index in [0.29, 0.717) is 11.5 Å². The largest absolute Gasteiger partial charge is 0.359 e. The molecule has 1 aliphatic rings. The minimum atomic E-state index is -0.841. The quantitative estimate of drug-likeness (QED) is 0.602. The smallest absolute Gasteiger partial charge is 0.177 e. The van der Waals surface area contributed by atoms with Crippen LogP contribution in [0.15, 0.2) is 23.3 Å². The Balaban J connectivity index is 2.91. The van der Waals surface area contributed by atoms with Crippen LogP contribution in [0.2, 0.25) is 0 Å². The van der Waals surface area contributed by atoms with Crippen LogP contribution in [0, 0.1) is 11.3 Å². The molecule has 0 spiro atoms. The van der Waals surface area contributed by atoms with Gasteiger partial charge in [-0.2, -0.15) is 5.26 Å². The maximum Gasteiger partial charge on any atom is 0.177 e. The van der Waals surface area contributed by atoms with Gasteiger partial charge in [-0.25, -0.2) is 0 Å². The average Bonchev–Trinajstić information content (AvgIpc) is 2.04. The molecule has 0 saturated carbocycles. The summed E-state index contributed by atoms with van der Waals surface area (Å²) < 4.78 is 5.03. The maximum absolute atomic E-state index is 8.75. The van der Waals surface area contributed by atoms with Gasteiger partial charge in [-0.3, -0.25) is 0 Å². The van der Waals surface area contributed by atoms with E-state index >= 15 is 0 Å². The molecule has 58 valence electrons. The van der Waals surface area contributed by atoms with Crippen LogP contribution in [-0.4, -0.2) is 12.7 Å². The van der Waals surface area contributed by atoms with Gasteiger partial charge in [0.05, 0.1) is 0 Å². The van der Waals surface area contributed by atoms with E-state index in [4.69, 9.17) is 21.6 Å². The zero-order valence-corrected chi connectivity index (χ0v) is 6.93. The molecule has 3 heteroatoms. The Kier molecular flexibility index (Phi) is 2.33. The van der Waals surface area contributed by atoms with Gasteiger partial charge in [0.25, 0.3) is 0 Å². The number of halogens is 1. The third kappa shape index (κ3) is 1.62. The van der Waals surface area contributed by atoms with Gasteiger partial charge in [0.2, 0.25) is 0 Å². The summed E-state index contributed by atoms with van der Waals surface area (Å²) in [5.41, 5.74) is -0.841. The number of methoxy groups -OCH3 is 1. The third-order valence-corrected chi connectivity index (χ3v) is 1.86. The molecule has 0 aromatic rings. The zero-order chi connectivity index (χ0) is 8.32. The van der Waals surface area contributed by atoms with Crippen molar-refractivity contribution in [1.29, 1.82) is 5.26 Å². The second kappa shape index (κ2) is 3.08. The standard InChI is InChI=1S/C8H8ClNO/c1-11-8(6-10)4-2-3-7(9)5-8/h2-3,5H,4H2,1H3.